The summed E-state index contributed by atoms with van der Waals surface area (Å²) in [4.78, 5) is 15.1. The minimum absolute atomic E-state index is 0.215. The Balaban J connectivity index is 1.76. The Hall–Kier alpha value is -2.22. The third-order valence-corrected chi connectivity index (χ3v) is 9.08. The Morgan fingerprint density at radius 3 is 2.52 bits per heavy atom. The topological polar surface area (TPSA) is 67.3 Å². The number of ketones is 1. The number of unbranched alkanes of at least 4 members (excludes halogenated alkanes) is 2. The zero-order chi connectivity index (χ0) is 28.7. The molecule has 2 heterocycles. The summed E-state index contributed by atoms with van der Waals surface area (Å²) in [5, 5.41) is 11.7. The van der Waals surface area contributed by atoms with Crippen molar-refractivity contribution in [3.05, 3.63) is 86.1 Å². The molecule has 1 aliphatic heterocycles. The molecular formula is C31H35Cl3N4O2. The van der Waals surface area contributed by atoms with Gasteiger partial charge in [0.25, 0.3) is 0 Å². The number of nitrogens with zero attached hydrogens (tertiary/aromatic N) is 3. The fraction of sp³-hybridized carbons (Fsp3) is 0.452. The van der Waals surface area contributed by atoms with Gasteiger partial charge in [-0.2, -0.15) is 5.10 Å². The molecule has 6 nitrogen and oxygen atoms in total. The summed E-state index contributed by atoms with van der Waals surface area (Å²) >= 11 is 19.2. The van der Waals surface area contributed by atoms with Crippen LogP contribution in [0.3, 0.4) is 0 Å². The molecule has 2 fully saturated rings. The van der Waals surface area contributed by atoms with E-state index in [9.17, 15) is 0 Å². The van der Waals surface area contributed by atoms with E-state index in [0.29, 0.717) is 22.2 Å². The molecule has 0 radical (unpaired) electrons. The SMILES string of the molecule is CCCCCC1N(C)NC(C)(Oc2c(C)cccc2C2CC2)C1(C(=O)c1ccc(Cl)cc1Cl)c1ccc(Cl)nn1. The number of para-hydroxylation sites is 1. The van der Waals surface area contributed by atoms with E-state index >= 15 is 4.79 Å². The molecular weight excluding hydrogens is 567 g/mol. The molecule has 1 saturated carbocycles. The van der Waals surface area contributed by atoms with Crippen molar-refractivity contribution in [1.82, 2.24) is 20.6 Å². The summed E-state index contributed by atoms with van der Waals surface area (Å²) in [6, 6.07) is 14.3. The second-order valence-electron chi connectivity index (χ2n) is 11.1. The largest absolute Gasteiger partial charge is 0.470 e. The molecule has 3 atom stereocenters. The Bertz CT molecular complexity index is 1400. The van der Waals surface area contributed by atoms with Crippen molar-refractivity contribution in [1.29, 1.82) is 0 Å². The van der Waals surface area contributed by atoms with Crippen LogP contribution in [-0.2, 0) is 5.41 Å². The Morgan fingerprint density at radius 2 is 1.88 bits per heavy atom. The maximum Gasteiger partial charge on any atom is 0.190 e. The number of ether oxygens (including phenoxy) is 1. The molecule has 3 unspecified atom stereocenters. The van der Waals surface area contributed by atoms with Gasteiger partial charge in [0.05, 0.1) is 10.7 Å². The number of hydrogen-bond donors (Lipinski definition) is 1. The lowest BCUT2D eigenvalue weighted by atomic mass is 9.64. The van der Waals surface area contributed by atoms with Gasteiger partial charge in [0.2, 0.25) is 0 Å². The average Bonchev–Trinajstić information content (AvgIpc) is 3.72. The fourth-order valence-electron chi connectivity index (χ4n) is 6.26. The summed E-state index contributed by atoms with van der Waals surface area (Å²) in [5.41, 5.74) is 3.97. The van der Waals surface area contributed by atoms with Gasteiger partial charge in [-0.1, -0.05) is 79.2 Å². The third kappa shape index (κ3) is 5.14. The van der Waals surface area contributed by atoms with Crippen molar-refractivity contribution in [3.8, 4) is 5.75 Å². The number of aryl methyl sites for hydroxylation is 1. The second-order valence-corrected chi connectivity index (χ2v) is 12.4. The smallest absolute Gasteiger partial charge is 0.190 e. The van der Waals surface area contributed by atoms with E-state index in [-0.39, 0.29) is 22.0 Å². The predicted octanol–water partition coefficient (Wildman–Crippen LogP) is 7.94. The molecule has 2 aromatic carbocycles. The monoisotopic (exact) mass is 600 g/mol. The lowest BCUT2D eigenvalue weighted by molar-refractivity contribution is -0.00485. The van der Waals surface area contributed by atoms with Crippen LogP contribution in [0.2, 0.25) is 15.2 Å². The van der Waals surface area contributed by atoms with Crippen LogP contribution in [0.4, 0.5) is 0 Å². The first-order valence-corrected chi connectivity index (χ1v) is 15.0. The van der Waals surface area contributed by atoms with E-state index in [4.69, 9.17) is 39.5 Å². The van der Waals surface area contributed by atoms with Crippen LogP contribution in [0, 0.1) is 6.92 Å². The number of halogens is 3. The summed E-state index contributed by atoms with van der Waals surface area (Å²) in [6.07, 6.45) is 5.97. The van der Waals surface area contributed by atoms with Crippen LogP contribution in [0.25, 0.3) is 0 Å². The number of hydrogen-bond acceptors (Lipinski definition) is 6. The van der Waals surface area contributed by atoms with Gasteiger partial charge in [-0.3, -0.25) is 4.79 Å². The number of nitrogens with one attached hydrogen (secondary N) is 1. The average molecular weight is 602 g/mol. The van der Waals surface area contributed by atoms with Crippen LogP contribution in [0.15, 0.2) is 48.5 Å². The van der Waals surface area contributed by atoms with E-state index in [1.807, 2.05) is 32.0 Å². The second kappa shape index (κ2) is 11.6. The van der Waals surface area contributed by atoms with Crippen LogP contribution in [0.5, 0.6) is 5.75 Å². The van der Waals surface area contributed by atoms with E-state index in [2.05, 4.69) is 34.7 Å². The van der Waals surface area contributed by atoms with Gasteiger partial charge in [-0.05, 0) is 80.5 Å². The quantitative estimate of drug-likeness (QED) is 0.188. The van der Waals surface area contributed by atoms with Crippen molar-refractivity contribution < 1.29 is 9.53 Å². The van der Waals surface area contributed by atoms with Gasteiger partial charge < -0.3 is 4.74 Å². The van der Waals surface area contributed by atoms with E-state index in [1.54, 1.807) is 30.3 Å². The van der Waals surface area contributed by atoms with Gasteiger partial charge in [0.15, 0.2) is 16.7 Å². The van der Waals surface area contributed by atoms with Gasteiger partial charge in [0, 0.05) is 23.7 Å². The molecule has 0 bridgehead atoms. The summed E-state index contributed by atoms with van der Waals surface area (Å²) in [6.45, 7) is 6.14. The minimum atomic E-state index is -1.34. The van der Waals surface area contributed by atoms with Crippen LogP contribution in [-0.4, -0.2) is 39.8 Å². The number of carbonyl (C=O) groups excluding carboxylic acids is 1. The van der Waals surface area contributed by atoms with Crippen LogP contribution >= 0.6 is 34.8 Å². The van der Waals surface area contributed by atoms with Crippen molar-refractivity contribution >= 4 is 40.6 Å². The van der Waals surface area contributed by atoms with Crippen molar-refractivity contribution in [3.63, 3.8) is 0 Å². The normalized spacial score (nSPS) is 24.8. The summed E-state index contributed by atoms with van der Waals surface area (Å²) < 4.78 is 7.10. The predicted molar refractivity (Wildman–Crippen MR) is 161 cm³/mol. The highest BCUT2D eigenvalue weighted by molar-refractivity contribution is 6.37. The lowest BCUT2D eigenvalue weighted by Crippen LogP contribution is -2.63. The minimum Gasteiger partial charge on any atom is -0.470 e. The molecule has 0 amide bonds. The lowest BCUT2D eigenvalue weighted by Gasteiger charge is -2.43. The Kier molecular flexibility index (Phi) is 8.47. The standard InChI is InChI=1S/C31H35Cl3N4O2/c1-5-6-7-11-26-31(25-16-17-27(34)36-35-25,29(39)23-15-14-21(32)18-24(23)33)30(3,37-38(26)4)40-28-19(2)9-8-10-22(28)20-12-13-20/h8-10,14-18,20,26,37H,5-7,11-13H2,1-4H3. The molecule has 1 N–H and O–H groups in total. The van der Waals surface area contributed by atoms with Gasteiger partial charge in [0.1, 0.15) is 11.2 Å². The van der Waals surface area contributed by atoms with Crippen molar-refractivity contribution in [2.45, 2.75) is 82.4 Å². The molecule has 2 aliphatic rings. The molecule has 212 valence electrons. The summed E-state index contributed by atoms with van der Waals surface area (Å²) in [7, 11) is 1.96. The number of rotatable bonds is 10. The highest BCUT2D eigenvalue weighted by Crippen LogP contribution is 2.52. The number of hydrazine groups is 1. The van der Waals surface area contributed by atoms with Gasteiger partial charge in [-0.25, -0.2) is 10.4 Å². The molecule has 40 heavy (non-hydrogen) atoms. The number of benzene rings is 2. The number of Topliss-reactive ketones (excluding diaryl/α,β-unsaturated/α-hetero) is 1. The van der Waals surface area contributed by atoms with Gasteiger partial charge in [-0.15, -0.1) is 5.10 Å². The van der Waals surface area contributed by atoms with Gasteiger partial charge >= 0.3 is 0 Å². The molecule has 0 spiro atoms. The zero-order valence-corrected chi connectivity index (χ0v) is 25.6. The van der Waals surface area contributed by atoms with Crippen molar-refractivity contribution in [2.75, 3.05) is 7.05 Å². The number of carbonyl (C=O) groups is 1. The fourth-order valence-corrected chi connectivity index (χ4v) is 6.85. The maximum atomic E-state index is 15.1. The highest BCUT2D eigenvalue weighted by atomic mass is 35.5. The molecule has 5 rings (SSSR count). The van der Waals surface area contributed by atoms with E-state index in [0.717, 1.165) is 55.4 Å². The Labute approximate surface area is 251 Å². The number of likely N-dealkylation sites (N-methyl/N-ethyl adjacent to an activating group) is 1. The van der Waals surface area contributed by atoms with Crippen molar-refractivity contribution in [2.24, 2.45) is 0 Å². The first kappa shape index (κ1) is 29.3. The molecule has 1 aliphatic carbocycles. The first-order chi connectivity index (χ1) is 19.1. The molecule has 1 aromatic heterocycles. The Morgan fingerprint density at radius 1 is 1.10 bits per heavy atom. The van der Waals surface area contributed by atoms with Crippen LogP contribution in [0.1, 0.15) is 85.5 Å². The first-order valence-electron chi connectivity index (χ1n) is 13.9. The molecule has 9 heteroatoms. The summed E-state index contributed by atoms with van der Waals surface area (Å²) in [5.74, 6) is 1.03. The number of aromatic nitrogens is 2. The zero-order valence-electron chi connectivity index (χ0n) is 23.3. The maximum absolute atomic E-state index is 15.1. The highest BCUT2D eigenvalue weighted by Gasteiger charge is 2.69. The van der Waals surface area contributed by atoms with Crippen LogP contribution < -0.4 is 10.2 Å². The molecule has 3 aromatic rings. The van der Waals surface area contributed by atoms with E-state index in [1.165, 1.54) is 0 Å². The van der Waals surface area contributed by atoms with E-state index < -0.39 is 11.1 Å². The molecule has 1 saturated heterocycles. The third-order valence-electron chi connectivity index (χ3n) is 8.33.